The van der Waals surface area contributed by atoms with Crippen LogP contribution in [0.3, 0.4) is 0 Å². The molecule has 2 rings (SSSR count). The lowest BCUT2D eigenvalue weighted by molar-refractivity contribution is 0.0172. The molecule has 1 aromatic carbocycles. The third kappa shape index (κ3) is 2.54. The molecule has 0 spiro atoms. The maximum absolute atomic E-state index is 12.9. The van der Waals surface area contributed by atoms with Crippen LogP contribution in [0, 0.1) is 5.82 Å². The number of halogens is 1. The predicted molar refractivity (Wildman–Crippen MR) is 68.8 cm³/mol. The van der Waals surface area contributed by atoms with Gasteiger partial charge in [0.25, 0.3) is 0 Å². The number of nitrogens with zero attached hydrogens (tertiary/aromatic N) is 3. The molecule has 0 saturated heterocycles. The van der Waals surface area contributed by atoms with Crippen LogP contribution in [0.25, 0.3) is 0 Å². The number of aromatic nitrogens is 3. The van der Waals surface area contributed by atoms with Crippen molar-refractivity contribution in [3.05, 3.63) is 48.3 Å². The molecule has 96 valence electrons. The third-order valence-electron chi connectivity index (χ3n) is 2.90. The lowest BCUT2D eigenvalue weighted by Gasteiger charge is -2.31. The SMILES string of the molecule is C[C@@H](S)[C@](O)(Cn1cncn1)c1ccc(F)cc1. The third-order valence-corrected chi connectivity index (χ3v) is 3.33. The molecule has 0 fully saturated rings. The molecule has 0 radical (unpaired) electrons. The quantitative estimate of drug-likeness (QED) is 0.828. The Hall–Kier alpha value is -1.40. The molecule has 0 bridgehead atoms. The molecule has 0 amide bonds. The van der Waals surface area contributed by atoms with Crippen molar-refractivity contribution in [3.8, 4) is 0 Å². The molecule has 1 heterocycles. The van der Waals surface area contributed by atoms with Crippen molar-refractivity contribution in [1.29, 1.82) is 0 Å². The minimum atomic E-state index is -1.23. The Morgan fingerprint density at radius 3 is 2.61 bits per heavy atom. The summed E-state index contributed by atoms with van der Waals surface area (Å²) in [5.74, 6) is -0.339. The minimum Gasteiger partial charge on any atom is -0.382 e. The number of hydrogen-bond acceptors (Lipinski definition) is 4. The molecule has 4 nitrogen and oxygen atoms in total. The van der Waals surface area contributed by atoms with Gasteiger partial charge in [-0.15, -0.1) is 0 Å². The number of thiol groups is 1. The Kier molecular flexibility index (Phi) is 3.68. The molecule has 6 heteroatoms. The molecule has 1 aromatic heterocycles. The Labute approximate surface area is 110 Å². The van der Waals surface area contributed by atoms with Crippen molar-refractivity contribution in [2.24, 2.45) is 0 Å². The average molecular weight is 267 g/mol. The number of hydrogen-bond donors (Lipinski definition) is 2. The van der Waals surface area contributed by atoms with Crippen molar-refractivity contribution in [3.63, 3.8) is 0 Å². The standard InChI is InChI=1S/C12H14FN3OS/c1-9(18)12(17,6-16-8-14-7-15-16)10-2-4-11(13)5-3-10/h2-5,7-9,17-18H,6H2,1H3/t9-,12-/m1/s1. The maximum Gasteiger partial charge on any atom is 0.137 e. The first-order chi connectivity index (χ1) is 8.52. The van der Waals surface area contributed by atoms with Gasteiger partial charge in [0.1, 0.15) is 24.1 Å². The zero-order valence-electron chi connectivity index (χ0n) is 9.86. The van der Waals surface area contributed by atoms with Crippen LogP contribution in [0.4, 0.5) is 4.39 Å². The van der Waals surface area contributed by atoms with Crippen LogP contribution in [-0.4, -0.2) is 25.1 Å². The zero-order valence-corrected chi connectivity index (χ0v) is 10.8. The van der Waals surface area contributed by atoms with Gasteiger partial charge >= 0.3 is 0 Å². The average Bonchev–Trinajstić information content (AvgIpc) is 2.82. The van der Waals surface area contributed by atoms with Gasteiger partial charge in [0.15, 0.2) is 0 Å². The van der Waals surface area contributed by atoms with Crippen LogP contribution in [0.1, 0.15) is 12.5 Å². The van der Waals surface area contributed by atoms with Crippen molar-refractivity contribution < 1.29 is 9.50 Å². The molecule has 0 aliphatic rings. The smallest absolute Gasteiger partial charge is 0.137 e. The fourth-order valence-electron chi connectivity index (χ4n) is 1.76. The van der Waals surface area contributed by atoms with Gasteiger partial charge in [0.2, 0.25) is 0 Å². The second-order valence-electron chi connectivity index (χ2n) is 4.20. The molecule has 0 aliphatic heterocycles. The van der Waals surface area contributed by atoms with E-state index in [0.717, 1.165) is 0 Å². The van der Waals surface area contributed by atoms with Crippen LogP contribution in [0.5, 0.6) is 0 Å². The van der Waals surface area contributed by atoms with Gasteiger partial charge in [0, 0.05) is 5.25 Å². The lowest BCUT2D eigenvalue weighted by atomic mass is 9.90. The van der Waals surface area contributed by atoms with E-state index < -0.39 is 5.60 Å². The Bertz CT molecular complexity index is 501. The first-order valence-corrected chi connectivity index (χ1v) is 6.03. The van der Waals surface area contributed by atoms with Gasteiger partial charge in [-0.1, -0.05) is 19.1 Å². The molecule has 18 heavy (non-hydrogen) atoms. The topological polar surface area (TPSA) is 50.9 Å². The van der Waals surface area contributed by atoms with Gasteiger partial charge < -0.3 is 5.11 Å². The largest absolute Gasteiger partial charge is 0.382 e. The van der Waals surface area contributed by atoms with Crippen LogP contribution in [0.15, 0.2) is 36.9 Å². The summed E-state index contributed by atoms with van der Waals surface area (Å²) in [4.78, 5) is 3.83. The van der Waals surface area contributed by atoms with E-state index in [4.69, 9.17) is 0 Å². The maximum atomic E-state index is 12.9. The van der Waals surface area contributed by atoms with Gasteiger partial charge in [-0.3, -0.25) is 0 Å². The summed E-state index contributed by atoms with van der Waals surface area (Å²) in [5.41, 5.74) is -0.633. The van der Waals surface area contributed by atoms with Crippen molar-refractivity contribution in [1.82, 2.24) is 14.8 Å². The van der Waals surface area contributed by atoms with E-state index in [1.54, 1.807) is 19.1 Å². The van der Waals surface area contributed by atoms with E-state index in [0.29, 0.717) is 5.56 Å². The van der Waals surface area contributed by atoms with Crippen molar-refractivity contribution in [2.45, 2.75) is 24.3 Å². The number of rotatable bonds is 4. The Morgan fingerprint density at radius 2 is 2.11 bits per heavy atom. The first kappa shape index (κ1) is 13.0. The van der Waals surface area contributed by atoms with Crippen LogP contribution in [0.2, 0.25) is 0 Å². The fourth-order valence-corrected chi connectivity index (χ4v) is 2.00. The molecule has 0 aliphatic carbocycles. The van der Waals surface area contributed by atoms with Crippen LogP contribution < -0.4 is 0 Å². The highest BCUT2D eigenvalue weighted by atomic mass is 32.1. The predicted octanol–water partition coefficient (Wildman–Crippen LogP) is 1.62. The second kappa shape index (κ2) is 5.07. The molecule has 0 saturated carbocycles. The van der Waals surface area contributed by atoms with E-state index in [1.807, 2.05) is 0 Å². The summed E-state index contributed by atoms with van der Waals surface area (Å²) in [7, 11) is 0. The Balaban J connectivity index is 2.34. The molecule has 0 unspecified atom stereocenters. The van der Waals surface area contributed by atoms with E-state index in [9.17, 15) is 9.50 Å². The summed E-state index contributed by atoms with van der Waals surface area (Å²) >= 11 is 4.32. The first-order valence-electron chi connectivity index (χ1n) is 5.51. The normalized spacial score (nSPS) is 16.2. The van der Waals surface area contributed by atoms with Crippen LogP contribution in [-0.2, 0) is 12.1 Å². The highest BCUT2D eigenvalue weighted by molar-refractivity contribution is 7.81. The van der Waals surface area contributed by atoms with E-state index in [2.05, 4.69) is 22.7 Å². The number of aliphatic hydroxyl groups is 1. The minimum absolute atomic E-state index is 0.212. The summed E-state index contributed by atoms with van der Waals surface area (Å²) < 4.78 is 14.4. The summed E-state index contributed by atoms with van der Waals surface area (Å²) in [5, 5.41) is 14.4. The summed E-state index contributed by atoms with van der Waals surface area (Å²) in [6.45, 7) is 1.99. The van der Waals surface area contributed by atoms with Gasteiger partial charge in [-0.05, 0) is 17.7 Å². The lowest BCUT2D eigenvalue weighted by Crippen LogP contribution is -2.39. The summed E-state index contributed by atoms with van der Waals surface area (Å²) in [6, 6.07) is 5.74. The zero-order chi connectivity index (χ0) is 13.2. The monoisotopic (exact) mass is 267 g/mol. The van der Waals surface area contributed by atoms with Crippen molar-refractivity contribution >= 4 is 12.6 Å². The molecule has 2 aromatic rings. The highest BCUT2D eigenvalue weighted by Gasteiger charge is 2.34. The van der Waals surface area contributed by atoms with E-state index in [1.165, 1.54) is 29.5 Å². The number of benzene rings is 1. The van der Waals surface area contributed by atoms with Crippen molar-refractivity contribution in [2.75, 3.05) is 0 Å². The molecule has 1 N–H and O–H groups in total. The molecular formula is C12H14FN3OS. The van der Waals surface area contributed by atoms with Crippen LogP contribution >= 0.6 is 12.6 Å². The van der Waals surface area contributed by atoms with Gasteiger partial charge in [0.05, 0.1) is 6.54 Å². The highest BCUT2D eigenvalue weighted by Crippen LogP contribution is 2.30. The summed E-state index contributed by atoms with van der Waals surface area (Å²) in [6.07, 6.45) is 2.92. The van der Waals surface area contributed by atoms with Gasteiger partial charge in [-0.2, -0.15) is 17.7 Å². The van der Waals surface area contributed by atoms with E-state index in [-0.39, 0.29) is 17.6 Å². The fraction of sp³-hybridized carbons (Fsp3) is 0.333. The molecule has 2 atom stereocenters. The van der Waals surface area contributed by atoms with E-state index >= 15 is 0 Å². The second-order valence-corrected chi connectivity index (χ2v) is 4.97. The molecular weight excluding hydrogens is 253 g/mol. The Morgan fingerprint density at radius 1 is 1.44 bits per heavy atom. The van der Waals surface area contributed by atoms with Gasteiger partial charge in [-0.25, -0.2) is 14.1 Å².